The van der Waals surface area contributed by atoms with Crippen LogP contribution in [0.4, 0.5) is 9.80 Å². The molecule has 2 N–H and O–H groups in total. The molecule has 0 aliphatic rings. The van der Waals surface area contributed by atoms with E-state index in [0.29, 0.717) is 10.6 Å². The van der Waals surface area contributed by atoms with Crippen molar-refractivity contribution in [3.8, 4) is 6.07 Å². The Bertz CT molecular complexity index is 746. The standard InChI is InChI=1S/C16H19N3O5S/c1-5-23-15(21)12-9(3)10(4)25-14(12)18-8-11(7-17)13(20)19-16(22)24-6-2/h8,18H,5-6H2,1-4H3,(H,19,20,22)/b11-8+. The van der Waals surface area contributed by atoms with E-state index in [1.54, 1.807) is 26.8 Å². The van der Waals surface area contributed by atoms with Gasteiger partial charge in [-0.15, -0.1) is 11.3 Å². The molecule has 0 saturated heterocycles. The molecule has 0 saturated carbocycles. The molecule has 0 bridgehead atoms. The third kappa shape index (κ3) is 5.32. The van der Waals surface area contributed by atoms with E-state index in [2.05, 4.69) is 10.1 Å². The number of esters is 1. The summed E-state index contributed by atoms with van der Waals surface area (Å²) >= 11 is 1.29. The summed E-state index contributed by atoms with van der Waals surface area (Å²) in [5.41, 5.74) is 0.768. The van der Waals surface area contributed by atoms with E-state index in [1.807, 2.05) is 12.2 Å². The van der Waals surface area contributed by atoms with Gasteiger partial charge in [0.25, 0.3) is 5.91 Å². The van der Waals surface area contributed by atoms with Crippen molar-refractivity contribution in [1.82, 2.24) is 5.32 Å². The molecule has 0 aromatic carbocycles. The summed E-state index contributed by atoms with van der Waals surface area (Å²) in [4.78, 5) is 36.1. The van der Waals surface area contributed by atoms with Crippen molar-refractivity contribution in [3.63, 3.8) is 0 Å². The number of nitrogens with zero attached hydrogens (tertiary/aromatic N) is 1. The molecule has 134 valence electrons. The molecular formula is C16H19N3O5S. The molecule has 25 heavy (non-hydrogen) atoms. The third-order valence-corrected chi connectivity index (χ3v) is 4.21. The topological polar surface area (TPSA) is 118 Å². The van der Waals surface area contributed by atoms with Crippen LogP contribution in [-0.2, 0) is 14.3 Å². The first-order valence-corrected chi connectivity index (χ1v) is 8.29. The fourth-order valence-electron chi connectivity index (χ4n) is 1.79. The molecule has 9 heteroatoms. The Morgan fingerprint density at radius 3 is 2.40 bits per heavy atom. The summed E-state index contributed by atoms with van der Waals surface area (Å²) in [6.45, 7) is 7.24. The second-order valence-electron chi connectivity index (χ2n) is 4.70. The van der Waals surface area contributed by atoms with Gasteiger partial charge in [-0.05, 0) is 33.3 Å². The van der Waals surface area contributed by atoms with E-state index in [4.69, 9.17) is 10.00 Å². The summed E-state index contributed by atoms with van der Waals surface area (Å²) in [5.74, 6) is -1.40. The third-order valence-electron chi connectivity index (χ3n) is 3.07. The number of imide groups is 1. The molecule has 0 fully saturated rings. The number of hydrogen-bond donors (Lipinski definition) is 2. The van der Waals surface area contributed by atoms with Gasteiger partial charge in [0, 0.05) is 11.1 Å². The zero-order valence-corrected chi connectivity index (χ0v) is 15.2. The van der Waals surface area contributed by atoms with Crippen molar-refractivity contribution < 1.29 is 23.9 Å². The van der Waals surface area contributed by atoms with Crippen LogP contribution in [0.25, 0.3) is 0 Å². The molecule has 1 rings (SSSR count). The summed E-state index contributed by atoms with van der Waals surface area (Å²) in [7, 11) is 0. The van der Waals surface area contributed by atoms with Gasteiger partial charge in [-0.1, -0.05) is 0 Å². The first kappa shape index (κ1) is 20.2. The lowest BCUT2D eigenvalue weighted by Gasteiger charge is -2.06. The van der Waals surface area contributed by atoms with Crippen LogP contribution in [0.3, 0.4) is 0 Å². The van der Waals surface area contributed by atoms with E-state index >= 15 is 0 Å². The molecule has 0 aliphatic carbocycles. The number of amides is 2. The minimum absolute atomic E-state index is 0.0968. The number of carbonyl (C=O) groups excluding carboxylic acids is 3. The molecular weight excluding hydrogens is 346 g/mol. The van der Waals surface area contributed by atoms with Crippen molar-refractivity contribution in [3.05, 3.63) is 27.8 Å². The van der Waals surface area contributed by atoms with E-state index in [-0.39, 0.29) is 18.8 Å². The maximum Gasteiger partial charge on any atom is 0.414 e. The zero-order valence-electron chi connectivity index (χ0n) is 14.4. The van der Waals surface area contributed by atoms with Crippen molar-refractivity contribution in [2.24, 2.45) is 0 Å². The van der Waals surface area contributed by atoms with Gasteiger partial charge in [0.15, 0.2) is 0 Å². The number of alkyl carbamates (subject to hydrolysis) is 1. The molecule has 1 heterocycles. The van der Waals surface area contributed by atoms with Crippen LogP contribution in [0.5, 0.6) is 0 Å². The van der Waals surface area contributed by atoms with Gasteiger partial charge in [0.2, 0.25) is 0 Å². The molecule has 1 aromatic heterocycles. The number of thiophene rings is 1. The summed E-state index contributed by atoms with van der Waals surface area (Å²) < 4.78 is 9.60. The first-order chi connectivity index (χ1) is 11.8. The number of nitrogens with one attached hydrogen (secondary N) is 2. The summed E-state index contributed by atoms with van der Waals surface area (Å²) in [6, 6.07) is 1.68. The smallest absolute Gasteiger partial charge is 0.414 e. The average molecular weight is 365 g/mol. The Labute approximate surface area is 149 Å². The molecule has 0 aliphatic heterocycles. The van der Waals surface area contributed by atoms with Crippen LogP contribution in [0, 0.1) is 25.2 Å². The van der Waals surface area contributed by atoms with E-state index in [0.717, 1.165) is 16.6 Å². The van der Waals surface area contributed by atoms with Crippen molar-refractivity contribution in [1.29, 1.82) is 5.26 Å². The maximum absolute atomic E-state index is 12.1. The van der Waals surface area contributed by atoms with Gasteiger partial charge >= 0.3 is 12.1 Å². The summed E-state index contributed by atoms with van der Waals surface area (Å²) in [6.07, 6.45) is 0.186. The zero-order chi connectivity index (χ0) is 19.0. The number of hydrogen-bond acceptors (Lipinski definition) is 8. The highest BCUT2D eigenvalue weighted by molar-refractivity contribution is 7.16. The van der Waals surface area contributed by atoms with Gasteiger partial charge in [-0.2, -0.15) is 5.26 Å². The number of anilines is 1. The van der Waals surface area contributed by atoms with Crippen LogP contribution in [0.15, 0.2) is 11.8 Å². The quantitative estimate of drug-likeness (QED) is 0.452. The van der Waals surface area contributed by atoms with Gasteiger partial charge < -0.3 is 14.8 Å². The lowest BCUT2D eigenvalue weighted by Crippen LogP contribution is -2.32. The average Bonchev–Trinajstić information content (AvgIpc) is 2.83. The molecule has 0 spiro atoms. The number of nitriles is 1. The fraction of sp³-hybridized carbons (Fsp3) is 0.375. The molecule has 2 amide bonds. The molecule has 8 nitrogen and oxygen atoms in total. The van der Waals surface area contributed by atoms with Crippen molar-refractivity contribution in [2.75, 3.05) is 18.5 Å². The number of ether oxygens (including phenoxy) is 2. The Kier molecular flexibility index (Phi) is 7.62. The normalized spacial score (nSPS) is 10.6. The SMILES string of the molecule is CCOC(=O)NC(=O)/C(C#N)=C/Nc1sc(C)c(C)c1C(=O)OCC. The number of carbonyl (C=O) groups is 3. The lowest BCUT2D eigenvalue weighted by atomic mass is 10.1. The van der Waals surface area contributed by atoms with Gasteiger partial charge in [-0.25, -0.2) is 9.59 Å². The molecule has 0 unspecified atom stereocenters. The van der Waals surface area contributed by atoms with Gasteiger partial charge in [0.05, 0.1) is 18.8 Å². The summed E-state index contributed by atoms with van der Waals surface area (Å²) in [5, 5.41) is 14.2. The lowest BCUT2D eigenvalue weighted by molar-refractivity contribution is -0.116. The monoisotopic (exact) mass is 365 g/mol. The fourth-order valence-corrected chi connectivity index (χ4v) is 2.81. The van der Waals surface area contributed by atoms with E-state index < -0.39 is 18.0 Å². The van der Waals surface area contributed by atoms with Gasteiger partial charge in [-0.3, -0.25) is 10.1 Å². The Morgan fingerprint density at radius 2 is 1.84 bits per heavy atom. The molecule has 1 aromatic rings. The van der Waals surface area contributed by atoms with Crippen LogP contribution in [0.2, 0.25) is 0 Å². The highest BCUT2D eigenvalue weighted by Crippen LogP contribution is 2.33. The minimum atomic E-state index is -0.941. The molecule has 0 radical (unpaired) electrons. The predicted molar refractivity (Wildman–Crippen MR) is 92.2 cm³/mol. The number of rotatable bonds is 6. The van der Waals surface area contributed by atoms with Crippen LogP contribution in [0.1, 0.15) is 34.6 Å². The highest BCUT2D eigenvalue weighted by Gasteiger charge is 2.21. The molecule has 0 atom stereocenters. The highest BCUT2D eigenvalue weighted by atomic mass is 32.1. The van der Waals surface area contributed by atoms with E-state index in [1.165, 1.54) is 11.3 Å². The van der Waals surface area contributed by atoms with Crippen LogP contribution in [-0.4, -0.2) is 31.2 Å². The second-order valence-corrected chi connectivity index (χ2v) is 5.92. The minimum Gasteiger partial charge on any atom is -0.462 e. The van der Waals surface area contributed by atoms with Crippen molar-refractivity contribution >= 4 is 34.3 Å². The Balaban J connectivity index is 3.01. The Morgan fingerprint density at radius 1 is 1.20 bits per heavy atom. The maximum atomic E-state index is 12.1. The van der Waals surface area contributed by atoms with Crippen molar-refractivity contribution in [2.45, 2.75) is 27.7 Å². The largest absolute Gasteiger partial charge is 0.462 e. The Hall–Kier alpha value is -2.86. The predicted octanol–water partition coefficient (Wildman–Crippen LogP) is 2.63. The van der Waals surface area contributed by atoms with Crippen LogP contribution < -0.4 is 10.6 Å². The van der Waals surface area contributed by atoms with Gasteiger partial charge in [0.1, 0.15) is 16.6 Å². The first-order valence-electron chi connectivity index (χ1n) is 7.47. The second kappa shape index (κ2) is 9.44. The van der Waals surface area contributed by atoms with Crippen LogP contribution >= 0.6 is 11.3 Å². The van der Waals surface area contributed by atoms with E-state index in [9.17, 15) is 14.4 Å². The number of aryl methyl sites for hydroxylation is 1.